The third kappa shape index (κ3) is 3.56. The number of carbonyl (C=O) groups is 1. The Balaban J connectivity index is 2.79. The van der Waals surface area contributed by atoms with Gasteiger partial charge in [-0.05, 0) is 31.4 Å². The molecule has 0 saturated heterocycles. The molecule has 0 amide bonds. The summed E-state index contributed by atoms with van der Waals surface area (Å²) in [7, 11) is 0. The van der Waals surface area contributed by atoms with Crippen molar-refractivity contribution in [3.8, 4) is 0 Å². The highest BCUT2D eigenvalue weighted by Gasteiger charge is 2.19. The van der Waals surface area contributed by atoms with Gasteiger partial charge in [-0.15, -0.1) is 0 Å². The summed E-state index contributed by atoms with van der Waals surface area (Å²) in [5.74, 6) is -0.864. The van der Waals surface area contributed by atoms with E-state index in [1.807, 2.05) is 12.1 Å². The summed E-state index contributed by atoms with van der Waals surface area (Å²) in [6, 6.07) is 7.14. The quantitative estimate of drug-likeness (QED) is 0.796. The Bertz CT molecular complexity index is 384. The summed E-state index contributed by atoms with van der Waals surface area (Å²) in [5, 5.41) is 12.5. The molecule has 0 aliphatic rings. The number of hydrogen-bond acceptors (Lipinski definition) is 2. The Labute approximate surface area is 103 Å². The Morgan fingerprint density at radius 1 is 1.29 bits per heavy atom. The number of aromatic carboxylic acids is 1. The monoisotopic (exact) mass is 235 g/mol. The fraction of sp³-hybridized carbons (Fsp3) is 0.500. The van der Waals surface area contributed by atoms with Gasteiger partial charge in [0, 0.05) is 12.1 Å². The van der Waals surface area contributed by atoms with Gasteiger partial charge in [-0.1, -0.05) is 32.0 Å². The zero-order chi connectivity index (χ0) is 12.9. The SMILES string of the molecule is CCC(C)(CC)NCc1ccccc1C(=O)O. The second-order valence-electron chi connectivity index (χ2n) is 4.58. The lowest BCUT2D eigenvalue weighted by molar-refractivity contribution is 0.0695. The number of hydrogen-bond donors (Lipinski definition) is 2. The van der Waals surface area contributed by atoms with Crippen LogP contribution in [0.1, 0.15) is 49.5 Å². The van der Waals surface area contributed by atoms with E-state index in [1.54, 1.807) is 12.1 Å². The first-order chi connectivity index (χ1) is 8.02. The van der Waals surface area contributed by atoms with Crippen LogP contribution in [-0.4, -0.2) is 16.6 Å². The van der Waals surface area contributed by atoms with Crippen LogP contribution in [0.5, 0.6) is 0 Å². The molecule has 2 N–H and O–H groups in total. The average molecular weight is 235 g/mol. The predicted octanol–water partition coefficient (Wildman–Crippen LogP) is 3.05. The molecule has 0 aromatic heterocycles. The molecule has 1 aromatic carbocycles. The number of benzene rings is 1. The highest BCUT2D eigenvalue weighted by atomic mass is 16.4. The second kappa shape index (κ2) is 5.82. The molecule has 0 atom stereocenters. The van der Waals surface area contributed by atoms with Crippen LogP contribution in [0.15, 0.2) is 24.3 Å². The number of carboxylic acids is 1. The van der Waals surface area contributed by atoms with Crippen LogP contribution in [0.2, 0.25) is 0 Å². The van der Waals surface area contributed by atoms with Crippen LogP contribution >= 0.6 is 0 Å². The molecule has 0 heterocycles. The third-order valence-corrected chi connectivity index (χ3v) is 3.51. The maximum atomic E-state index is 11.1. The van der Waals surface area contributed by atoms with Gasteiger partial charge < -0.3 is 10.4 Å². The lowest BCUT2D eigenvalue weighted by Gasteiger charge is -2.28. The maximum absolute atomic E-state index is 11.1. The minimum atomic E-state index is -0.864. The molecule has 0 aliphatic carbocycles. The van der Waals surface area contributed by atoms with Crippen LogP contribution < -0.4 is 5.32 Å². The van der Waals surface area contributed by atoms with Gasteiger partial charge in [0.15, 0.2) is 0 Å². The molecule has 3 nitrogen and oxygen atoms in total. The van der Waals surface area contributed by atoms with Crippen molar-refractivity contribution < 1.29 is 9.90 Å². The predicted molar refractivity (Wildman–Crippen MR) is 69.2 cm³/mol. The van der Waals surface area contributed by atoms with E-state index in [4.69, 9.17) is 5.11 Å². The van der Waals surface area contributed by atoms with E-state index in [1.165, 1.54) is 0 Å². The molecule has 0 unspecified atom stereocenters. The summed E-state index contributed by atoms with van der Waals surface area (Å²) in [4.78, 5) is 11.1. The number of rotatable bonds is 6. The van der Waals surface area contributed by atoms with E-state index >= 15 is 0 Å². The molecular formula is C14H21NO2. The first kappa shape index (κ1) is 13.7. The Hall–Kier alpha value is -1.35. The minimum Gasteiger partial charge on any atom is -0.478 e. The zero-order valence-corrected chi connectivity index (χ0v) is 10.8. The van der Waals surface area contributed by atoms with E-state index < -0.39 is 5.97 Å². The van der Waals surface area contributed by atoms with Crippen molar-refractivity contribution >= 4 is 5.97 Å². The molecule has 0 fully saturated rings. The molecule has 0 radical (unpaired) electrons. The Morgan fingerprint density at radius 3 is 2.41 bits per heavy atom. The fourth-order valence-electron chi connectivity index (χ4n) is 1.69. The fourth-order valence-corrected chi connectivity index (χ4v) is 1.69. The summed E-state index contributed by atoms with van der Waals surface area (Å²) in [6.45, 7) is 7.04. The molecule has 17 heavy (non-hydrogen) atoms. The Morgan fingerprint density at radius 2 is 1.88 bits per heavy atom. The van der Waals surface area contributed by atoms with Crippen LogP contribution in [-0.2, 0) is 6.54 Å². The average Bonchev–Trinajstić information content (AvgIpc) is 2.36. The van der Waals surface area contributed by atoms with Crippen LogP contribution in [0.25, 0.3) is 0 Å². The molecular weight excluding hydrogens is 214 g/mol. The van der Waals surface area contributed by atoms with Gasteiger partial charge in [0.25, 0.3) is 0 Å². The van der Waals surface area contributed by atoms with Crippen molar-refractivity contribution in [2.45, 2.75) is 45.7 Å². The third-order valence-electron chi connectivity index (χ3n) is 3.51. The van der Waals surface area contributed by atoms with Crippen molar-refractivity contribution in [3.05, 3.63) is 35.4 Å². The maximum Gasteiger partial charge on any atom is 0.336 e. The van der Waals surface area contributed by atoms with Gasteiger partial charge in [0.05, 0.1) is 5.56 Å². The van der Waals surface area contributed by atoms with Crippen LogP contribution in [0.4, 0.5) is 0 Å². The van der Waals surface area contributed by atoms with Gasteiger partial charge in [0.1, 0.15) is 0 Å². The van der Waals surface area contributed by atoms with E-state index in [9.17, 15) is 4.79 Å². The molecule has 1 rings (SSSR count). The van der Waals surface area contributed by atoms with Crippen molar-refractivity contribution in [3.63, 3.8) is 0 Å². The van der Waals surface area contributed by atoms with E-state index in [2.05, 4.69) is 26.1 Å². The van der Waals surface area contributed by atoms with Crippen molar-refractivity contribution in [1.82, 2.24) is 5.32 Å². The van der Waals surface area contributed by atoms with Gasteiger partial charge in [-0.2, -0.15) is 0 Å². The van der Waals surface area contributed by atoms with Crippen LogP contribution in [0, 0.1) is 0 Å². The largest absolute Gasteiger partial charge is 0.478 e. The summed E-state index contributed by atoms with van der Waals surface area (Å²) in [5.41, 5.74) is 1.30. The molecule has 94 valence electrons. The van der Waals surface area contributed by atoms with Gasteiger partial charge in [-0.3, -0.25) is 0 Å². The molecule has 3 heteroatoms. The second-order valence-corrected chi connectivity index (χ2v) is 4.58. The van der Waals surface area contributed by atoms with Crippen molar-refractivity contribution in [2.75, 3.05) is 0 Å². The van der Waals surface area contributed by atoms with E-state index in [0.717, 1.165) is 18.4 Å². The first-order valence-electron chi connectivity index (χ1n) is 6.08. The molecule has 0 spiro atoms. The molecule has 0 bridgehead atoms. The van der Waals surface area contributed by atoms with E-state index in [0.29, 0.717) is 12.1 Å². The lowest BCUT2D eigenvalue weighted by atomic mass is 9.95. The highest BCUT2D eigenvalue weighted by molar-refractivity contribution is 5.89. The van der Waals surface area contributed by atoms with Gasteiger partial charge in [-0.25, -0.2) is 4.79 Å². The van der Waals surface area contributed by atoms with Crippen LogP contribution in [0.3, 0.4) is 0 Å². The molecule has 0 aliphatic heterocycles. The smallest absolute Gasteiger partial charge is 0.336 e. The van der Waals surface area contributed by atoms with Crippen molar-refractivity contribution in [2.24, 2.45) is 0 Å². The number of nitrogens with one attached hydrogen (secondary N) is 1. The summed E-state index contributed by atoms with van der Waals surface area (Å²) in [6.07, 6.45) is 2.05. The molecule has 1 aromatic rings. The first-order valence-corrected chi connectivity index (χ1v) is 6.08. The minimum absolute atomic E-state index is 0.0750. The number of carboxylic acid groups (broad SMARTS) is 1. The highest BCUT2D eigenvalue weighted by Crippen LogP contribution is 2.16. The lowest BCUT2D eigenvalue weighted by Crippen LogP contribution is -2.40. The standard InChI is InChI=1S/C14H21NO2/c1-4-14(3,5-2)15-10-11-8-6-7-9-12(11)13(16)17/h6-9,15H,4-5,10H2,1-3H3,(H,16,17). The van der Waals surface area contributed by atoms with E-state index in [-0.39, 0.29) is 5.54 Å². The topological polar surface area (TPSA) is 49.3 Å². The normalized spacial score (nSPS) is 11.5. The summed E-state index contributed by atoms with van der Waals surface area (Å²) >= 11 is 0. The molecule has 0 saturated carbocycles. The van der Waals surface area contributed by atoms with Gasteiger partial charge >= 0.3 is 5.97 Å². The van der Waals surface area contributed by atoms with Gasteiger partial charge in [0.2, 0.25) is 0 Å². The summed E-state index contributed by atoms with van der Waals surface area (Å²) < 4.78 is 0. The zero-order valence-electron chi connectivity index (χ0n) is 10.8. The Kier molecular flexibility index (Phi) is 4.70. The van der Waals surface area contributed by atoms with Crippen molar-refractivity contribution in [1.29, 1.82) is 0 Å².